The summed E-state index contributed by atoms with van der Waals surface area (Å²) in [5.41, 5.74) is 6.98. The first-order chi connectivity index (χ1) is 59.2. The fraction of sp³-hybridized carbons (Fsp3) is 0.185. The molecule has 8 nitrogen and oxygen atoms in total. The predicted octanol–water partition coefficient (Wildman–Crippen LogP) is 25.4. The van der Waals surface area contributed by atoms with E-state index in [4.69, 9.17) is 18.9 Å². The Morgan fingerprint density at radius 3 is 0.725 bits per heavy atom. The normalized spacial score (nSPS) is 15.4. The van der Waals surface area contributed by atoms with E-state index < -0.39 is 0 Å². The Morgan fingerprint density at radius 1 is 0.217 bits per heavy atom. The Kier molecular flexibility index (Phi) is 23.3. The second-order valence-electron chi connectivity index (χ2n) is 31.5. The minimum Gasteiger partial charge on any atom is -0.422 e. The first-order valence-corrected chi connectivity index (χ1v) is 48.5. The molecule has 0 spiro atoms. The molecule has 0 bridgehead atoms. The molecular formula is C108H92O8S4+4. The van der Waals surface area contributed by atoms with Crippen LogP contribution in [0.4, 0.5) is 0 Å². The average molecular weight is 1650 g/mol. The third-order valence-electron chi connectivity index (χ3n) is 24.1. The van der Waals surface area contributed by atoms with Gasteiger partial charge in [0.15, 0.2) is 19.6 Å². The lowest BCUT2D eigenvalue weighted by atomic mass is 9.97. The van der Waals surface area contributed by atoms with Crippen molar-refractivity contribution in [1.82, 2.24) is 0 Å². The fourth-order valence-corrected chi connectivity index (χ4v) is 28.2. The Morgan fingerprint density at radius 2 is 0.442 bits per heavy atom. The molecule has 592 valence electrons. The fourth-order valence-electron chi connectivity index (χ4n) is 18.2. The van der Waals surface area contributed by atoms with E-state index in [2.05, 4.69) is 121 Å². The van der Waals surface area contributed by atoms with E-state index in [0.717, 1.165) is 88.6 Å². The molecule has 0 aromatic heterocycles. The number of hydrogen-bond acceptors (Lipinski definition) is 8. The van der Waals surface area contributed by atoms with Crippen molar-refractivity contribution in [3.8, 4) is 23.0 Å². The zero-order valence-corrected chi connectivity index (χ0v) is 70.3. The molecule has 16 aromatic rings. The molecule has 22 rings (SSSR count). The maximum absolute atomic E-state index is 13.7. The highest BCUT2D eigenvalue weighted by molar-refractivity contribution is 7.98. The number of rotatable bonds is 12. The molecule has 12 heteroatoms. The van der Waals surface area contributed by atoms with Gasteiger partial charge in [-0.1, -0.05) is 231 Å². The highest BCUT2D eigenvalue weighted by Crippen LogP contribution is 2.43. The second kappa shape index (κ2) is 35.7. The average Bonchev–Trinajstić information content (AvgIpc) is 1.54. The van der Waals surface area contributed by atoms with Gasteiger partial charge in [-0.15, -0.1) is 0 Å². The molecule has 0 N–H and O–H groups in total. The van der Waals surface area contributed by atoms with Gasteiger partial charge in [-0.05, 0) is 227 Å². The Hall–Kier alpha value is -11.6. The van der Waals surface area contributed by atoms with Crippen molar-refractivity contribution in [3.63, 3.8) is 0 Å². The summed E-state index contributed by atoms with van der Waals surface area (Å²) in [5, 5.41) is 16.9. The topological polar surface area (TPSA) is 105 Å². The second-order valence-corrected chi connectivity index (χ2v) is 40.4. The van der Waals surface area contributed by atoms with Crippen LogP contribution in [0, 0.1) is 0 Å². The monoisotopic (exact) mass is 1640 g/mol. The molecule has 0 amide bonds. The summed E-state index contributed by atoms with van der Waals surface area (Å²) < 4.78 is 24.0. The highest BCUT2D eigenvalue weighted by atomic mass is 32.2. The van der Waals surface area contributed by atoms with E-state index in [0.29, 0.717) is 78.0 Å². The lowest BCUT2D eigenvalue weighted by Crippen LogP contribution is -2.18. The zero-order valence-electron chi connectivity index (χ0n) is 67.1. The molecule has 4 fully saturated rings. The lowest BCUT2D eigenvalue weighted by Gasteiger charge is -2.16. The van der Waals surface area contributed by atoms with E-state index in [1.807, 2.05) is 194 Å². The predicted molar refractivity (Wildman–Crippen MR) is 504 cm³/mol. The van der Waals surface area contributed by atoms with Crippen molar-refractivity contribution in [3.05, 3.63) is 349 Å². The van der Waals surface area contributed by atoms with Gasteiger partial charge in [0, 0.05) is 86.7 Å². The summed E-state index contributed by atoms with van der Waals surface area (Å²) in [4.78, 5) is 58.7. The number of fused-ring (bicyclic) bond motifs is 10. The molecule has 0 atom stereocenters. The minimum absolute atomic E-state index is 0.261. The molecule has 120 heavy (non-hydrogen) atoms. The van der Waals surface area contributed by atoms with Crippen LogP contribution in [0.3, 0.4) is 0 Å². The van der Waals surface area contributed by atoms with Crippen LogP contribution in [0.25, 0.3) is 97.3 Å². The van der Waals surface area contributed by atoms with Crippen LogP contribution < -0.4 is 18.9 Å². The number of carbonyl (C=O) groups excluding carboxylic acids is 4. The third-order valence-corrected chi connectivity index (χ3v) is 34.3. The highest BCUT2D eigenvalue weighted by Gasteiger charge is 2.35. The Bertz CT molecular complexity index is 6610. The number of hydrogen-bond donors (Lipinski definition) is 0. The summed E-state index contributed by atoms with van der Waals surface area (Å²) in [6.07, 6.45) is 18.8. The van der Waals surface area contributed by atoms with Gasteiger partial charge in [0.1, 0.15) is 69.0 Å². The van der Waals surface area contributed by atoms with Crippen LogP contribution in [0.5, 0.6) is 23.0 Å². The van der Waals surface area contributed by atoms with E-state index in [-0.39, 0.29) is 34.8 Å². The largest absolute Gasteiger partial charge is 0.422 e. The molecule has 4 saturated heterocycles. The van der Waals surface area contributed by atoms with Crippen LogP contribution in [-0.4, -0.2) is 69.9 Å². The molecule has 4 aliphatic heterocycles. The standard InChI is InChI=1S/C30H25O2S.C29H23O2S.C25H23O2S.C24H21O2S/c31-30(29-23-12-4-2-10-21(23)20-22-11-3-5-13-24(22)29)32-27-16-17-28(33-18-8-1-9-19-33)26-15-7-6-14-25(26)27;30-29(28-22-11-3-1-9-20(22)19-21-10-2-4-12-23(21)28)31-26-15-16-27(32-17-7-8-18-32)25-14-6-5-13-24(25)26;26-25(22-13-12-18-8-2-3-9-19(18)22)27-23-14-15-24(28-16-6-1-7-17-28)21-11-5-4-10-20(21)23;25-24(21-12-11-17-7-1-2-8-18(17)21)26-22-13-14-23(27-15-5-6-16-27)20-10-4-3-9-19(20)22/h2-7,10-17,20H,1,8-9,18-19H2;1-6,9-16,19H,7-8,17-18H2;2-5,8-11,13-15H,1,6-7,12,16-17H2;1-4,7-10,12-14H,5-6,11,15-16H2/q4*+1. The summed E-state index contributed by atoms with van der Waals surface area (Å²) in [5.74, 6) is 11.7. The van der Waals surface area contributed by atoms with Crippen LogP contribution in [0.1, 0.15) is 107 Å². The van der Waals surface area contributed by atoms with E-state index in [1.54, 1.807) is 0 Å². The molecular weight excluding hydrogens is 1550 g/mol. The van der Waals surface area contributed by atoms with Crippen LogP contribution in [0.15, 0.2) is 335 Å². The summed E-state index contributed by atoms with van der Waals surface area (Å²) in [7, 11) is 1.23. The smallest absolute Gasteiger partial charge is 0.344 e. The van der Waals surface area contributed by atoms with Gasteiger partial charge in [0.25, 0.3) is 0 Å². The van der Waals surface area contributed by atoms with Gasteiger partial charge >= 0.3 is 23.9 Å². The van der Waals surface area contributed by atoms with Gasteiger partial charge in [0.2, 0.25) is 0 Å². The molecule has 6 aliphatic rings. The molecule has 16 aromatic carbocycles. The third kappa shape index (κ3) is 16.2. The number of ether oxygens (including phenoxy) is 4. The first-order valence-electron chi connectivity index (χ1n) is 42.2. The van der Waals surface area contributed by atoms with E-state index >= 15 is 0 Å². The Labute approximate surface area is 712 Å². The van der Waals surface area contributed by atoms with Crippen molar-refractivity contribution < 1.29 is 38.1 Å². The number of carbonyl (C=O) groups is 4. The number of allylic oxidation sites excluding steroid dienone is 2. The van der Waals surface area contributed by atoms with Crippen molar-refractivity contribution >= 4 is 165 Å². The van der Waals surface area contributed by atoms with Crippen LogP contribution >= 0.6 is 0 Å². The first kappa shape index (κ1) is 78.2. The molecule has 0 saturated carbocycles. The van der Waals surface area contributed by atoms with Crippen molar-refractivity contribution in [2.24, 2.45) is 0 Å². The summed E-state index contributed by atoms with van der Waals surface area (Å²) in [6.45, 7) is 0. The molecule has 2 aliphatic carbocycles. The van der Waals surface area contributed by atoms with Gasteiger partial charge in [0.05, 0.1) is 22.3 Å². The minimum atomic E-state index is -0.306. The maximum atomic E-state index is 13.7. The maximum Gasteiger partial charge on any atom is 0.344 e. The number of benzene rings is 16. The van der Waals surface area contributed by atoms with Gasteiger partial charge < -0.3 is 18.9 Å². The molecule has 4 heterocycles. The lowest BCUT2D eigenvalue weighted by molar-refractivity contribution is -0.128. The molecule has 0 radical (unpaired) electrons. The Balaban J connectivity index is 0.000000106. The van der Waals surface area contributed by atoms with Crippen molar-refractivity contribution in [2.45, 2.75) is 96.6 Å². The van der Waals surface area contributed by atoms with Gasteiger partial charge in [-0.25, -0.2) is 19.2 Å². The summed E-state index contributed by atoms with van der Waals surface area (Å²) >= 11 is 0. The van der Waals surface area contributed by atoms with Crippen LogP contribution in [-0.2, 0) is 66.0 Å². The van der Waals surface area contributed by atoms with Crippen molar-refractivity contribution in [1.29, 1.82) is 0 Å². The zero-order chi connectivity index (χ0) is 80.8. The van der Waals surface area contributed by atoms with Crippen molar-refractivity contribution in [2.75, 3.05) is 46.0 Å². The van der Waals surface area contributed by atoms with Gasteiger partial charge in [-0.3, -0.25) is 0 Å². The van der Waals surface area contributed by atoms with E-state index in [1.165, 1.54) is 162 Å². The summed E-state index contributed by atoms with van der Waals surface area (Å²) in [6, 6.07) is 103. The molecule has 0 unspecified atom stereocenters. The quantitative estimate of drug-likeness (QED) is 0.0516. The van der Waals surface area contributed by atoms with Crippen LogP contribution in [0.2, 0.25) is 0 Å². The number of esters is 4. The van der Waals surface area contributed by atoms with E-state index in [9.17, 15) is 19.2 Å². The van der Waals surface area contributed by atoms with Gasteiger partial charge in [-0.2, -0.15) is 0 Å². The SMILES string of the molecule is O=C(Oc1ccc([S+]2CCCC2)c2ccccc12)C1=CCc2ccccc21.O=C(Oc1ccc([S+]2CCCC2)c2ccccc12)c1c2ccccc2cc2ccccc12.O=C(Oc1ccc([S+]2CCCCC2)c2ccccc12)C1=CCc2ccccc21.O=C(Oc1ccc([S+]2CCCCC2)c2ccccc12)c1c2ccccc2cc2ccccc12.